The van der Waals surface area contributed by atoms with E-state index in [9.17, 15) is 18.0 Å². The van der Waals surface area contributed by atoms with Crippen molar-refractivity contribution in [2.75, 3.05) is 31.1 Å². The van der Waals surface area contributed by atoms with Crippen LogP contribution in [-0.4, -0.2) is 47.1 Å². The normalized spacial score (nSPS) is 15.6. The van der Waals surface area contributed by atoms with Crippen molar-refractivity contribution < 1.29 is 22.5 Å². The highest BCUT2D eigenvalue weighted by Gasteiger charge is 2.32. The summed E-state index contributed by atoms with van der Waals surface area (Å²) in [6, 6.07) is 4.90. The van der Waals surface area contributed by atoms with Crippen LogP contribution in [0.25, 0.3) is 0 Å². The number of nitrogens with zero attached hydrogens (tertiary/aromatic N) is 4. The van der Waals surface area contributed by atoms with Crippen LogP contribution in [0.5, 0.6) is 0 Å². The summed E-state index contributed by atoms with van der Waals surface area (Å²) in [7, 11) is 0. The predicted molar refractivity (Wildman–Crippen MR) is 87.9 cm³/mol. The quantitative estimate of drug-likeness (QED) is 0.833. The summed E-state index contributed by atoms with van der Waals surface area (Å²) in [5.41, 5.74) is -0.790. The molecule has 9 heteroatoms. The second-order valence-electron chi connectivity index (χ2n) is 6.45. The first-order valence-corrected chi connectivity index (χ1v) is 8.31. The number of benzene rings is 1. The van der Waals surface area contributed by atoms with Crippen LogP contribution in [-0.2, 0) is 6.18 Å². The van der Waals surface area contributed by atoms with E-state index in [1.54, 1.807) is 0 Å². The first-order valence-electron chi connectivity index (χ1n) is 8.31. The van der Waals surface area contributed by atoms with Gasteiger partial charge in [0.05, 0.1) is 5.56 Å². The molecule has 0 N–H and O–H groups in total. The van der Waals surface area contributed by atoms with Crippen molar-refractivity contribution in [2.24, 2.45) is 0 Å². The maximum Gasteiger partial charge on any atom is 0.416 e. The molecule has 140 valence electrons. The van der Waals surface area contributed by atoms with Crippen LogP contribution in [0.3, 0.4) is 0 Å². The molecule has 0 saturated carbocycles. The summed E-state index contributed by atoms with van der Waals surface area (Å²) in [5, 5.41) is 3.91. The van der Waals surface area contributed by atoms with E-state index < -0.39 is 17.6 Å². The molecule has 1 aromatic carbocycles. The second kappa shape index (κ2) is 6.97. The van der Waals surface area contributed by atoms with E-state index in [-0.39, 0.29) is 11.5 Å². The number of hydrogen-bond acceptors (Lipinski definition) is 5. The average molecular weight is 368 g/mol. The molecular weight excluding hydrogens is 349 g/mol. The number of piperazine rings is 1. The third-order valence-corrected chi connectivity index (χ3v) is 4.22. The minimum atomic E-state index is -4.47. The Morgan fingerprint density at radius 3 is 2.46 bits per heavy atom. The van der Waals surface area contributed by atoms with E-state index in [1.807, 2.05) is 18.7 Å². The number of rotatable bonds is 3. The van der Waals surface area contributed by atoms with Gasteiger partial charge >= 0.3 is 12.2 Å². The zero-order valence-corrected chi connectivity index (χ0v) is 14.5. The van der Waals surface area contributed by atoms with Crippen LogP contribution in [0.1, 0.15) is 41.5 Å². The number of anilines is 1. The first-order chi connectivity index (χ1) is 12.3. The lowest BCUT2D eigenvalue weighted by Gasteiger charge is -2.33. The van der Waals surface area contributed by atoms with E-state index in [1.165, 1.54) is 17.0 Å². The molecule has 6 nitrogen and oxygen atoms in total. The Balaban J connectivity index is 1.65. The summed E-state index contributed by atoms with van der Waals surface area (Å²) in [6.07, 6.45) is -4.47. The molecule has 0 atom stereocenters. The smallest absolute Gasteiger partial charge is 0.335 e. The average Bonchev–Trinajstić information content (AvgIpc) is 3.11. The Morgan fingerprint density at radius 2 is 1.88 bits per heavy atom. The highest BCUT2D eigenvalue weighted by Crippen LogP contribution is 2.30. The number of halogens is 3. The molecule has 0 radical (unpaired) electrons. The van der Waals surface area contributed by atoms with Gasteiger partial charge < -0.3 is 14.3 Å². The third-order valence-electron chi connectivity index (χ3n) is 4.22. The molecule has 0 aliphatic carbocycles. The molecule has 2 aromatic rings. The fraction of sp³-hybridized carbons (Fsp3) is 0.471. The van der Waals surface area contributed by atoms with Crippen molar-refractivity contribution in [3.05, 3.63) is 41.2 Å². The van der Waals surface area contributed by atoms with Crippen LogP contribution in [0.4, 0.5) is 19.2 Å². The summed E-state index contributed by atoms with van der Waals surface area (Å²) >= 11 is 0. The van der Waals surface area contributed by atoms with Crippen molar-refractivity contribution in [2.45, 2.75) is 25.9 Å². The molecule has 1 aliphatic heterocycles. The van der Waals surface area contributed by atoms with Crippen LogP contribution < -0.4 is 4.90 Å². The molecule has 3 rings (SSSR count). The monoisotopic (exact) mass is 368 g/mol. The van der Waals surface area contributed by atoms with Gasteiger partial charge in [0.2, 0.25) is 0 Å². The lowest BCUT2D eigenvalue weighted by atomic mass is 10.1. The Kier molecular flexibility index (Phi) is 4.88. The van der Waals surface area contributed by atoms with Gasteiger partial charge in [-0.05, 0) is 18.2 Å². The maximum absolute atomic E-state index is 12.8. The van der Waals surface area contributed by atoms with E-state index in [2.05, 4.69) is 10.1 Å². The standard InChI is InChI=1S/C17H19F3N4O2/c1-11(2)14-21-16(26-22-14)24-8-6-23(7-9-24)15(25)12-4-3-5-13(10-12)17(18,19)20/h3-5,10-11H,6-9H2,1-2H3. The van der Waals surface area contributed by atoms with Crippen LogP contribution >= 0.6 is 0 Å². The van der Waals surface area contributed by atoms with Gasteiger partial charge in [-0.3, -0.25) is 4.79 Å². The predicted octanol–water partition coefficient (Wildman–Crippen LogP) is 3.17. The Hall–Kier alpha value is -2.58. The molecule has 0 unspecified atom stereocenters. The van der Waals surface area contributed by atoms with Gasteiger partial charge in [-0.2, -0.15) is 18.2 Å². The fourth-order valence-corrected chi connectivity index (χ4v) is 2.70. The molecule has 26 heavy (non-hydrogen) atoms. The molecule has 0 bridgehead atoms. The number of aromatic nitrogens is 2. The largest absolute Gasteiger partial charge is 0.416 e. The minimum absolute atomic E-state index is 0.0353. The summed E-state index contributed by atoms with van der Waals surface area (Å²) < 4.78 is 43.7. The van der Waals surface area contributed by atoms with E-state index in [4.69, 9.17) is 4.52 Å². The number of hydrogen-bond donors (Lipinski definition) is 0. The first kappa shape index (κ1) is 18.2. The van der Waals surface area contributed by atoms with E-state index in [0.717, 1.165) is 12.1 Å². The number of carbonyl (C=O) groups is 1. The Labute approximate surface area is 148 Å². The van der Waals surface area contributed by atoms with Gasteiger partial charge in [0.1, 0.15) is 0 Å². The van der Waals surface area contributed by atoms with Gasteiger partial charge in [0.25, 0.3) is 5.91 Å². The lowest BCUT2D eigenvalue weighted by molar-refractivity contribution is -0.137. The molecule has 1 fully saturated rings. The molecule has 2 heterocycles. The van der Waals surface area contributed by atoms with Crippen molar-refractivity contribution in [1.29, 1.82) is 0 Å². The fourth-order valence-electron chi connectivity index (χ4n) is 2.70. The number of alkyl halides is 3. The molecule has 1 aliphatic rings. The topological polar surface area (TPSA) is 62.5 Å². The minimum Gasteiger partial charge on any atom is -0.335 e. The van der Waals surface area contributed by atoms with Gasteiger partial charge in [-0.1, -0.05) is 25.1 Å². The van der Waals surface area contributed by atoms with Crippen molar-refractivity contribution in [1.82, 2.24) is 15.0 Å². The molecular formula is C17H19F3N4O2. The SMILES string of the molecule is CC(C)c1noc(N2CCN(C(=O)c3cccc(C(F)(F)F)c3)CC2)n1. The third kappa shape index (κ3) is 3.81. The molecule has 1 saturated heterocycles. The van der Waals surface area contributed by atoms with Crippen LogP contribution in [0.2, 0.25) is 0 Å². The molecule has 1 aromatic heterocycles. The second-order valence-corrected chi connectivity index (χ2v) is 6.45. The van der Waals surface area contributed by atoms with Gasteiger partial charge in [-0.15, -0.1) is 0 Å². The zero-order valence-electron chi connectivity index (χ0n) is 14.5. The molecule has 1 amide bonds. The summed E-state index contributed by atoms with van der Waals surface area (Å²) in [6.45, 7) is 5.61. The number of amides is 1. The summed E-state index contributed by atoms with van der Waals surface area (Å²) in [5.74, 6) is 0.350. The van der Waals surface area contributed by atoms with E-state index in [0.29, 0.717) is 38.0 Å². The highest BCUT2D eigenvalue weighted by atomic mass is 19.4. The Bertz CT molecular complexity index is 780. The highest BCUT2D eigenvalue weighted by molar-refractivity contribution is 5.94. The van der Waals surface area contributed by atoms with Crippen LogP contribution in [0.15, 0.2) is 28.8 Å². The van der Waals surface area contributed by atoms with Crippen molar-refractivity contribution in [3.8, 4) is 0 Å². The maximum atomic E-state index is 12.8. The van der Waals surface area contributed by atoms with Gasteiger partial charge in [0, 0.05) is 37.7 Å². The van der Waals surface area contributed by atoms with Crippen molar-refractivity contribution in [3.63, 3.8) is 0 Å². The van der Waals surface area contributed by atoms with Gasteiger partial charge in [-0.25, -0.2) is 0 Å². The van der Waals surface area contributed by atoms with Crippen molar-refractivity contribution >= 4 is 11.9 Å². The number of carbonyl (C=O) groups excluding carboxylic acids is 1. The molecule has 0 spiro atoms. The zero-order chi connectivity index (χ0) is 18.9. The summed E-state index contributed by atoms with van der Waals surface area (Å²) in [4.78, 5) is 20.2. The van der Waals surface area contributed by atoms with Gasteiger partial charge in [0.15, 0.2) is 5.82 Å². The lowest BCUT2D eigenvalue weighted by Crippen LogP contribution is -2.49. The Morgan fingerprint density at radius 1 is 1.19 bits per heavy atom. The van der Waals surface area contributed by atoms with Crippen LogP contribution in [0, 0.1) is 0 Å². The van der Waals surface area contributed by atoms with E-state index >= 15 is 0 Å².